The van der Waals surface area contributed by atoms with Gasteiger partial charge in [-0.25, -0.2) is 0 Å². The van der Waals surface area contributed by atoms with Crippen LogP contribution < -0.4 is 5.73 Å². The van der Waals surface area contributed by atoms with Crippen molar-refractivity contribution in [2.24, 2.45) is 5.73 Å². The molecule has 2 N–H and O–H groups in total. The number of piperidine rings is 1. The lowest BCUT2D eigenvalue weighted by Gasteiger charge is -2.30. The third-order valence-corrected chi connectivity index (χ3v) is 3.93. The summed E-state index contributed by atoms with van der Waals surface area (Å²) in [4.78, 5) is 2.44. The molecule has 3 heteroatoms. The van der Waals surface area contributed by atoms with E-state index in [1.165, 1.54) is 12.0 Å². The van der Waals surface area contributed by atoms with Crippen LogP contribution in [0, 0.1) is 6.92 Å². The van der Waals surface area contributed by atoms with E-state index in [4.69, 9.17) is 10.2 Å². The second-order valence-electron chi connectivity index (χ2n) is 5.74. The Labute approximate surface area is 120 Å². The number of rotatable bonds is 3. The molecule has 20 heavy (non-hydrogen) atoms. The van der Waals surface area contributed by atoms with Gasteiger partial charge in [-0.2, -0.15) is 0 Å². The summed E-state index contributed by atoms with van der Waals surface area (Å²) in [6, 6.07) is 13.0. The predicted molar refractivity (Wildman–Crippen MR) is 81.4 cm³/mol. The molecule has 2 heterocycles. The van der Waals surface area contributed by atoms with Crippen molar-refractivity contribution in [2.45, 2.75) is 32.4 Å². The van der Waals surface area contributed by atoms with Gasteiger partial charge in [-0.3, -0.25) is 4.90 Å². The SMILES string of the molecule is Cc1ccc(-c2ccc(CN3CCC[C@@H](N)C3)cc2)o1. The highest BCUT2D eigenvalue weighted by atomic mass is 16.3. The van der Waals surface area contributed by atoms with Gasteiger partial charge in [0, 0.05) is 24.7 Å². The molecule has 0 spiro atoms. The number of hydrogen-bond acceptors (Lipinski definition) is 3. The number of nitrogens with zero attached hydrogens (tertiary/aromatic N) is 1. The first-order chi connectivity index (χ1) is 9.70. The summed E-state index contributed by atoms with van der Waals surface area (Å²) in [5, 5.41) is 0. The first-order valence-corrected chi connectivity index (χ1v) is 7.34. The third-order valence-electron chi connectivity index (χ3n) is 3.93. The molecule has 0 radical (unpaired) electrons. The van der Waals surface area contributed by atoms with Gasteiger partial charge in [-0.05, 0) is 44.0 Å². The second-order valence-corrected chi connectivity index (χ2v) is 5.74. The van der Waals surface area contributed by atoms with Crippen molar-refractivity contribution in [3.63, 3.8) is 0 Å². The number of nitrogens with two attached hydrogens (primary N) is 1. The van der Waals surface area contributed by atoms with E-state index in [9.17, 15) is 0 Å². The van der Waals surface area contributed by atoms with Crippen molar-refractivity contribution >= 4 is 0 Å². The molecular weight excluding hydrogens is 248 g/mol. The topological polar surface area (TPSA) is 42.4 Å². The molecule has 1 aromatic carbocycles. The molecule has 0 saturated carbocycles. The van der Waals surface area contributed by atoms with Crippen LogP contribution in [0.15, 0.2) is 40.8 Å². The second kappa shape index (κ2) is 5.81. The standard InChI is InChI=1S/C17H22N2O/c1-13-4-9-17(20-13)15-7-5-14(6-8-15)11-19-10-2-3-16(18)12-19/h4-9,16H,2-3,10-12,18H2,1H3/t16-/m1/s1. The lowest BCUT2D eigenvalue weighted by Crippen LogP contribution is -2.42. The average molecular weight is 270 g/mol. The molecule has 1 aliphatic heterocycles. The van der Waals surface area contributed by atoms with E-state index in [0.29, 0.717) is 6.04 Å². The molecular formula is C17H22N2O. The Hall–Kier alpha value is -1.58. The van der Waals surface area contributed by atoms with E-state index in [2.05, 4.69) is 29.2 Å². The first kappa shape index (κ1) is 13.4. The fraction of sp³-hybridized carbons (Fsp3) is 0.412. The Morgan fingerprint density at radius 3 is 2.65 bits per heavy atom. The van der Waals surface area contributed by atoms with E-state index in [1.54, 1.807) is 0 Å². The van der Waals surface area contributed by atoms with Gasteiger partial charge in [-0.1, -0.05) is 24.3 Å². The molecule has 106 valence electrons. The molecule has 0 aliphatic carbocycles. The van der Waals surface area contributed by atoms with Crippen molar-refractivity contribution in [1.29, 1.82) is 0 Å². The van der Waals surface area contributed by atoms with Gasteiger partial charge in [0.05, 0.1) is 0 Å². The van der Waals surface area contributed by atoms with Crippen molar-refractivity contribution in [3.05, 3.63) is 47.7 Å². The number of aryl methyl sites for hydroxylation is 1. The number of likely N-dealkylation sites (tertiary alicyclic amines) is 1. The van der Waals surface area contributed by atoms with Gasteiger partial charge >= 0.3 is 0 Å². The Balaban J connectivity index is 1.67. The van der Waals surface area contributed by atoms with Crippen LogP contribution in [-0.4, -0.2) is 24.0 Å². The zero-order chi connectivity index (χ0) is 13.9. The molecule has 0 bridgehead atoms. The van der Waals surface area contributed by atoms with Crippen LogP contribution in [0.3, 0.4) is 0 Å². The highest BCUT2D eigenvalue weighted by molar-refractivity contribution is 5.57. The maximum Gasteiger partial charge on any atom is 0.134 e. The van der Waals surface area contributed by atoms with E-state index >= 15 is 0 Å². The van der Waals surface area contributed by atoms with Crippen LogP contribution in [-0.2, 0) is 6.54 Å². The first-order valence-electron chi connectivity index (χ1n) is 7.34. The van der Waals surface area contributed by atoms with E-state index in [-0.39, 0.29) is 0 Å². The maximum atomic E-state index is 6.03. The largest absolute Gasteiger partial charge is 0.461 e. The van der Waals surface area contributed by atoms with Crippen LogP contribution in [0.5, 0.6) is 0 Å². The molecule has 0 amide bonds. The van der Waals surface area contributed by atoms with Crippen molar-refractivity contribution in [2.75, 3.05) is 13.1 Å². The highest BCUT2D eigenvalue weighted by Crippen LogP contribution is 2.23. The number of benzene rings is 1. The zero-order valence-corrected chi connectivity index (χ0v) is 12.0. The van der Waals surface area contributed by atoms with Gasteiger partial charge in [0.15, 0.2) is 0 Å². The quantitative estimate of drug-likeness (QED) is 0.931. The monoisotopic (exact) mass is 270 g/mol. The van der Waals surface area contributed by atoms with Crippen molar-refractivity contribution in [1.82, 2.24) is 4.90 Å². The van der Waals surface area contributed by atoms with Gasteiger partial charge in [0.1, 0.15) is 11.5 Å². The molecule has 1 saturated heterocycles. The molecule has 1 aliphatic rings. The predicted octanol–water partition coefficient (Wildman–Crippen LogP) is 3.18. The van der Waals surface area contributed by atoms with Crippen molar-refractivity contribution in [3.8, 4) is 11.3 Å². The van der Waals surface area contributed by atoms with E-state index in [0.717, 1.165) is 43.1 Å². The van der Waals surface area contributed by atoms with E-state index < -0.39 is 0 Å². The summed E-state index contributed by atoms with van der Waals surface area (Å²) in [6.45, 7) is 5.13. The minimum atomic E-state index is 0.342. The lowest BCUT2D eigenvalue weighted by atomic mass is 10.0. The third kappa shape index (κ3) is 3.11. The number of furan rings is 1. The molecule has 1 aromatic heterocycles. The Morgan fingerprint density at radius 2 is 2.00 bits per heavy atom. The summed E-state index contributed by atoms with van der Waals surface area (Å²) >= 11 is 0. The lowest BCUT2D eigenvalue weighted by molar-refractivity contribution is 0.201. The number of hydrogen-bond donors (Lipinski definition) is 1. The smallest absolute Gasteiger partial charge is 0.134 e. The molecule has 3 rings (SSSR count). The van der Waals surface area contributed by atoms with Crippen molar-refractivity contribution < 1.29 is 4.42 Å². The normalized spacial score (nSPS) is 20.2. The summed E-state index contributed by atoms with van der Waals surface area (Å²) in [5.74, 6) is 1.89. The molecule has 3 nitrogen and oxygen atoms in total. The van der Waals surface area contributed by atoms with Crippen LogP contribution >= 0.6 is 0 Å². The van der Waals surface area contributed by atoms with Crippen LogP contribution in [0.4, 0.5) is 0 Å². The molecule has 1 fully saturated rings. The van der Waals surface area contributed by atoms with Gasteiger partial charge in [-0.15, -0.1) is 0 Å². The fourth-order valence-electron chi connectivity index (χ4n) is 2.86. The minimum absolute atomic E-state index is 0.342. The minimum Gasteiger partial charge on any atom is -0.461 e. The summed E-state index contributed by atoms with van der Waals surface area (Å²) in [6.07, 6.45) is 2.37. The Kier molecular flexibility index (Phi) is 3.90. The zero-order valence-electron chi connectivity index (χ0n) is 12.0. The van der Waals surface area contributed by atoms with Crippen LogP contribution in [0.25, 0.3) is 11.3 Å². The Bertz CT molecular complexity index is 559. The van der Waals surface area contributed by atoms with E-state index in [1.807, 2.05) is 19.1 Å². The molecule has 0 unspecified atom stereocenters. The maximum absolute atomic E-state index is 6.03. The van der Waals surface area contributed by atoms with Gasteiger partial charge in [0.25, 0.3) is 0 Å². The summed E-state index contributed by atoms with van der Waals surface area (Å²) < 4.78 is 5.65. The van der Waals surface area contributed by atoms with Crippen LogP contribution in [0.2, 0.25) is 0 Å². The van der Waals surface area contributed by atoms with Crippen LogP contribution in [0.1, 0.15) is 24.2 Å². The average Bonchev–Trinajstić information content (AvgIpc) is 2.86. The summed E-state index contributed by atoms with van der Waals surface area (Å²) in [5.41, 5.74) is 8.50. The fourth-order valence-corrected chi connectivity index (χ4v) is 2.86. The summed E-state index contributed by atoms with van der Waals surface area (Å²) in [7, 11) is 0. The molecule has 2 aromatic rings. The van der Waals surface area contributed by atoms with Gasteiger partial charge in [0.2, 0.25) is 0 Å². The molecule has 1 atom stereocenters. The highest BCUT2D eigenvalue weighted by Gasteiger charge is 2.16. The Morgan fingerprint density at radius 1 is 1.20 bits per heavy atom. The van der Waals surface area contributed by atoms with Gasteiger partial charge < -0.3 is 10.2 Å².